The third-order valence-electron chi connectivity index (χ3n) is 2.38. The van der Waals surface area contributed by atoms with Crippen LogP contribution in [0.15, 0.2) is 0 Å². The minimum Gasteiger partial charge on any atom is -0.340 e. The van der Waals surface area contributed by atoms with Gasteiger partial charge in [-0.15, -0.1) is 0 Å². The van der Waals surface area contributed by atoms with E-state index in [9.17, 15) is 4.79 Å². The highest BCUT2D eigenvalue weighted by Crippen LogP contribution is 2.24. The van der Waals surface area contributed by atoms with E-state index in [0.717, 1.165) is 13.0 Å². The first-order chi connectivity index (χ1) is 5.25. The Morgan fingerprint density at radius 2 is 2.18 bits per heavy atom. The first-order valence-corrected chi connectivity index (χ1v) is 4.53. The maximum absolute atomic E-state index is 11.1. The first-order valence-electron chi connectivity index (χ1n) is 4.53. The topological polar surface area (TPSA) is 20.3 Å². The lowest BCUT2D eigenvalue weighted by molar-refractivity contribution is -0.132. The Morgan fingerprint density at radius 3 is 2.45 bits per heavy atom. The molecular formula is C9H17NO. The average molecular weight is 155 g/mol. The Hall–Kier alpha value is -0.530. The molecule has 0 aromatic carbocycles. The Morgan fingerprint density at radius 1 is 1.55 bits per heavy atom. The van der Waals surface area contributed by atoms with Crippen LogP contribution in [0.3, 0.4) is 0 Å². The van der Waals surface area contributed by atoms with Crippen molar-refractivity contribution in [3.8, 4) is 0 Å². The maximum Gasteiger partial charge on any atom is 0.219 e. The summed E-state index contributed by atoms with van der Waals surface area (Å²) >= 11 is 0. The highest BCUT2D eigenvalue weighted by Gasteiger charge is 2.25. The van der Waals surface area contributed by atoms with E-state index < -0.39 is 0 Å². The van der Waals surface area contributed by atoms with Gasteiger partial charge in [-0.1, -0.05) is 6.92 Å². The van der Waals surface area contributed by atoms with Gasteiger partial charge in [-0.25, -0.2) is 0 Å². The van der Waals surface area contributed by atoms with Crippen LogP contribution in [0, 0.1) is 0 Å². The summed E-state index contributed by atoms with van der Waals surface area (Å²) in [4.78, 5) is 13.1. The molecule has 0 unspecified atom stereocenters. The SMILES string of the molecule is CCCN(C(C)=O)C1CCC1. The molecule has 1 fully saturated rings. The predicted octanol–water partition coefficient (Wildman–Crippen LogP) is 1.80. The zero-order valence-corrected chi connectivity index (χ0v) is 7.47. The van der Waals surface area contributed by atoms with Crippen LogP contribution in [0.1, 0.15) is 39.5 Å². The zero-order valence-electron chi connectivity index (χ0n) is 7.47. The molecular weight excluding hydrogens is 138 g/mol. The molecule has 0 aliphatic heterocycles. The number of hydrogen-bond acceptors (Lipinski definition) is 1. The van der Waals surface area contributed by atoms with Gasteiger partial charge in [0, 0.05) is 19.5 Å². The van der Waals surface area contributed by atoms with Crippen LogP contribution < -0.4 is 0 Å². The van der Waals surface area contributed by atoms with Gasteiger partial charge in [0.25, 0.3) is 0 Å². The van der Waals surface area contributed by atoms with Gasteiger partial charge in [0.1, 0.15) is 0 Å². The summed E-state index contributed by atoms with van der Waals surface area (Å²) in [7, 11) is 0. The van der Waals surface area contributed by atoms with E-state index in [2.05, 4.69) is 6.92 Å². The van der Waals surface area contributed by atoms with E-state index in [-0.39, 0.29) is 5.91 Å². The van der Waals surface area contributed by atoms with Crippen molar-refractivity contribution < 1.29 is 4.79 Å². The van der Waals surface area contributed by atoms with Gasteiger partial charge in [0.15, 0.2) is 0 Å². The van der Waals surface area contributed by atoms with Gasteiger partial charge >= 0.3 is 0 Å². The second-order valence-electron chi connectivity index (χ2n) is 3.30. The van der Waals surface area contributed by atoms with E-state index >= 15 is 0 Å². The van der Waals surface area contributed by atoms with Gasteiger partial charge in [-0.3, -0.25) is 4.79 Å². The van der Waals surface area contributed by atoms with Crippen LogP contribution in [0.4, 0.5) is 0 Å². The monoisotopic (exact) mass is 155 g/mol. The van der Waals surface area contributed by atoms with Crippen molar-refractivity contribution in [2.24, 2.45) is 0 Å². The molecule has 0 bridgehead atoms. The van der Waals surface area contributed by atoms with Crippen LogP contribution in [0.5, 0.6) is 0 Å². The van der Waals surface area contributed by atoms with E-state index in [1.54, 1.807) is 6.92 Å². The van der Waals surface area contributed by atoms with Gasteiger partial charge in [0.05, 0.1) is 0 Å². The smallest absolute Gasteiger partial charge is 0.219 e. The summed E-state index contributed by atoms with van der Waals surface area (Å²) in [6.45, 7) is 4.74. The minimum absolute atomic E-state index is 0.247. The van der Waals surface area contributed by atoms with Gasteiger partial charge in [-0.2, -0.15) is 0 Å². The summed E-state index contributed by atoms with van der Waals surface area (Å²) in [5.74, 6) is 0.247. The maximum atomic E-state index is 11.1. The largest absolute Gasteiger partial charge is 0.340 e. The molecule has 0 atom stereocenters. The van der Waals surface area contributed by atoms with Gasteiger partial charge < -0.3 is 4.90 Å². The molecule has 0 aromatic heterocycles. The van der Waals surface area contributed by atoms with Crippen molar-refractivity contribution in [2.45, 2.75) is 45.6 Å². The summed E-state index contributed by atoms with van der Waals surface area (Å²) in [6, 6.07) is 0.576. The Kier molecular flexibility index (Phi) is 2.92. The highest BCUT2D eigenvalue weighted by atomic mass is 16.2. The van der Waals surface area contributed by atoms with E-state index in [1.807, 2.05) is 4.90 Å². The van der Waals surface area contributed by atoms with Crippen molar-refractivity contribution >= 4 is 5.91 Å². The Balaban J connectivity index is 2.37. The van der Waals surface area contributed by atoms with E-state index in [4.69, 9.17) is 0 Å². The van der Waals surface area contributed by atoms with Crippen LogP contribution in [0.25, 0.3) is 0 Å². The molecule has 64 valence electrons. The lowest BCUT2D eigenvalue weighted by Crippen LogP contribution is -2.43. The molecule has 2 heteroatoms. The molecule has 0 spiro atoms. The van der Waals surface area contributed by atoms with Gasteiger partial charge in [-0.05, 0) is 25.7 Å². The van der Waals surface area contributed by atoms with Crippen LogP contribution in [0.2, 0.25) is 0 Å². The minimum atomic E-state index is 0.247. The molecule has 1 rings (SSSR count). The molecule has 1 aliphatic carbocycles. The lowest BCUT2D eigenvalue weighted by Gasteiger charge is -2.36. The van der Waals surface area contributed by atoms with Gasteiger partial charge in [0.2, 0.25) is 5.91 Å². The standard InChI is InChI=1S/C9H17NO/c1-3-7-10(8(2)11)9-5-4-6-9/h9H,3-7H2,1-2H3. The number of amides is 1. The van der Waals surface area contributed by atoms with Crippen LogP contribution in [-0.4, -0.2) is 23.4 Å². The molecule has 11 heavy (non-hydrogen) atoms. The highest BCUT2D eigenvalue weighted by molar-refractivity contribution is 5.73. The van der Waals surface area contributed by atoms with Crippen molar-refractivity contribution in [3.05, 3.63) is 0 Å². The number of rotatable bonds is 3. The van der Waals surface area contributed by atoms with Crippen molar-refractivity contribution in [2.75, 3.05) is 6.54 Å². The van der Waals surface area contributed by atoms with E-state index in [1.165, 1.54) is 19.3 Å². The fourth-order valence-corrected chi connectivity index (χ4v) is 1.54. The zero-order chi connectivity index (χ0) is 8.27. The van der Waals surface area contributed by atoms with E-state index in [0.29, 0.717) is 6.04 Å². The fourth-order valence-electron chi connectivity index (χ4n) is 1.54. The quantitative estimate of drug-likeness (QED) is 0.608. The lowest BCUT2D eigenvalue weighted by atomic mass is 9.91. The fraction of sp³-hybridized carbons (Fsp3) is 0.889. The predicted molar refractivity (Wildman–Crippen MR) is 45.3 cm³/mol. The molecule has 0 saturated heterocycles. The van der Waals surface area contributed by atoms with Crippen LogP contribution >= 0.6 is 0 Å². The second-order valence-corrected chi connectivity index (χ2v) is 3.30. The number of nitrogens with zero attached hydrogens (tertiary/aromatic N) is 1. The summed E-state index contributed by atoms with van der Waals surface area (Å²) in [5, 5.41) is 0. The second kappa shape index (κ2) is 3.74. The first kappa shape index (κ1) is 8.57. The third-order valence-corrected chi connectivity index (χ3v) is 2.38. The van der Waals surface area contributed by atoms with Crippen molar-refractivity contribution in [1.82, 2.24) is 4.90 Å². The molecule has 0 N–H and O–H groups in total. The Labute approximate surface area is 68.6 Å². The molecule has 0 heterocycles. The van der Waals surface area contributed by atoms with Crippen molar-refractivity contribution in [1.29, 1.82) is 0 Å². The molecule has 0 aromatic rings. The summed E-state index contributed by atoms with van der Waals surface area (Å²) < 4.78 is 0. The van der Waals surface area contributed by atoms with Crippen molar-refractivity contribution in [3.63, 3.8) is 0 Å². The normalized spacial score (nSPS) is 17.6. The number of hydrogen-bond donors (Lipinski definition) is 0. The number of carbonyl (C=O) groups is 1. The molecule has 1 saturated carbocycles. The number of carbonyl (C=O) groups excluding carboxylic acids is 1. The summed E-state index contributed by atoms with van der Waals surface area (Å²) in [5.41, 5.74) is 0. The Bertz CT molecular complexity index is 140. The summed E-state index contributed by atoms with van der Waals surface area (Å²) in [6.07, 6.45) is 4.83. The third kappa shape index (κ3) is 1.95. The molecule has 1 aliphatic rings. The molecule has 2 nitrogen and oxygen atoms in total. The average Bonchev–Trinajstić information content (AvgIpc) is 1.82. The molecule has 1 amide bonds. The van der Waals surface area contributed by atoms with Crippen LogP contribution in [-0.2, 0) is 4.79 Å². The molecule has 0 radical (unpaired) electrons.